The van der Waals surface area contributed by atoms with Crippen molar-refractivity contribution in [2.45, 2.75) is 13.0 Å². The smallest absolute Gasteiger partial charge is 0.300 e. The molecule has 0 aliphatic carbocycles. The molecule has 6 nitrogen and oxygen atoms in total. The van der Waals surface area contributed by atoms with Gasteiger partial charge in [-0.15, -0.1) is 0 Å². The molecule has 1 atom stereocenters. The summed E-state index contributed by atoms with van der Waals surface area (Å²) in [6.45, 7) is 1.84. The molecular weight excluding hydrogens is 425 g/mol. The fraction of sp³-hybridized carbons (Fsp3) is 0.154. The Morgan fingerprint density at radius 2 is 1.67 bits per heavy atom. The van der Waals surface area contributed by atoms with Crippen LogP contribution < -0.4 is 14.4 Å². The number of benzene rings is 3. The zero-order chi connectivity index (χ0) is 23.7. The number of amides is 1. The van der Waals surface area contributed by atoms with E-state index in [-0.39, 0.29) is 22.6 Å². The molecule has 3 aromatic rings. The average Bonchev–Trinajstić information content (AvgIpc) is 3.08. The van der Waals surface area contributed by atoms with Gasteiger partial charge in [-0.2, -0.15) is 0 Å². The highest BCUT2D eigenvalue weighted by molar-refractivity contribution is 6.51. The number of nitrogens with zero attached hydrogens (tertiary/aromatic N) is 1. The van der Waals surface area contributed by atoms with Gasteiger partial charge in [-0.25, -0.2) is 4.39 Å². The van der Waals surface area contributed by atoms with Crippen LogP contribution in [-0.2, 0) is 9.59 Å². The van der Waals surface area contributed by atoms with Crippen LogP contribution in [0.25, 0.3) is 5.76 Å². The van der Waals surface area contributed by atoms with Crippen LogP contribution in [0.15, 0.2) is 72.3 Å². The monoisotopic (exact) mass is 447 g/mol. The third kappa shape index (κ3) is 3.82. The molecule has 1 heterocycles. The Bertz CT molecular complexity index is 1280. The number of ketones is 1. The van der Waals surface area contributed by atoms with Crippen LogP contribution in [0.1, 0.15) is 22.7 Å². The number of hydrogen-bond acceptors (Lipinski definition) is 5. The van der Waals surface area contributed by atoms with Crippen molar-refractivity contribution in [2.24, 2.45) is 0 Å². The Balaban J connectivity index is 1.97. The molecule has 1 N–H and O–H groups in total. The summed E-state index contributed by atoms with van der Waals surface area (Å²) in [6, 6.07) is 16.5. The summed E-state index contributed by atoms with van der Waals surface area (Å²) in [6.07, 6.45) is 0. The average molecular weight is 447 g/mol. The lowest BCUT2D eigenvalue weighted by atomic mass is 9.92. The molecule has 4 rings (SSSR count). The van der Waals surface area contributed by atoms with E-state index in [9.17, 15) is 19.1 Å². The van der Waals surface area contributed by atoms with Gasteiger partial charge in [0.05, 0.1) is 25.8 Å². The number of anilines is 1. The molecule has 3 aromatic carbocycles. The van der Waals surface area contributed by atoms with Gasteiger partial charge >= 0.3 is 0 Å². The van der Waals surface area contributed by atoms with E-state index in [2.05, 4.69) is 0 Å². The fourth-order valence-corrected chi connectivity index (χ4v) is 4.05. The number of carbonyl (C=O) groups is 2. The van der Waals surface area contributed by atoms with Crippen molar-refractivity contribution < 1.29 is 28.6 Å². The minimum absolute atomic E-state index is 0.0919. The predicted octanol–water partition coefficient (Wildman–Crippen LogP) is 4.78. The summed E-state index contributed by atoms with van der Waals surface area (Å²) in [5.41, 5.74) is 1.86. The molecular formula is C26H22FNO5. The highest BCUT2D eigenvalue weighted by Gasteiger charge is 2.47. The molecule has 0 radical (unpaired) electrons. The van der Waals surface area contributed by atoms with Gasteiger partial charge in [0.15, 0.2) is 11.5 Å². The van der Waals surface area contributed by atoms with Crippen molar-refractivity contribution in [3.63, 3.8) is 0 Å². The Kier molecular flexibility index (Phi) is 5.87. The first-order chi connectivity index (χ1) is 15.9. The molecule has 0 bridgehead atoms. The summed E-state index contributed by atoms with van der Waals surface area (Å²) >= 11 is 0. The van der Waals surface area contributed by atoms with E-state index in [4.69, 9.17) is 9.47 Å². The Morgan fingerprint density at radius 1 is 0.939 bits per heavy atom. The molecule has 33 heavy (non-hydrogen) atoms. The zero-order valence-electron chi connectivity index (χ0n) is 18.3. The lowest BCUT2D eigenvalue weighted by molar-refractivity contribution is -0.132. The van der Waals surface area contributed by atoms with Crippen LogP contribution in [0.4, 0.5) is 10.1 Å². The first-order valence-corrected chi connectivity index (χ1v) is 10.2. The van der Waals surface area contributed by atoms with E-state index in [0.717, 1.165) is 5.56 Å². The molecule has 1 saturated heterocycles. The van der Waals surface area contributed by atoms with Crippen molar-refractivity contribution in [1.82, 2.24) is 0 Å². The van der Waals surface area contributed by atoms with Crippen LogP contribution in [0, 0.1) is 12.7 Å². The summed E-state index contributed by atoms with van der Waals surface area (Å²) in [5.74, 6) is -1.81. The first kappa shape index (κ1) is 22.1. The van der Waals surface area contributed by atoms with Crippen LogP contribution in [0.2, 0.25) is 0 Å². The van der Waals surface area contributed by atoms with Gasteiger partial charge in [0.1, 0.15) is 11.6 Å². The van der Waals surface area contributed by atoms with Gasteiger partial charge in [-0.1, -0.05) is 30.3 Å². The van der Waals surface area contributed by atoms with Gasteiger partial charge in [-0.3, -0.25) is 14.5 Å². The standard InChI is InChI=1S/C26H22FNO5/c1-15-7-4-5-10-19(15)23-22(24(29)16-11-12-20(32-2)21(13-16)33-3)25(30)26(31)28(23)18-9-6-8-17(27)14-18/h4-14,23,29H,1-3H3/b24-22+. The molecule has 0 aromatic heterocycles. The summed E-state index contributed by atoms with van der Waals surface area (Å²) in [5, 5.41) is 11.2. The van der Waals surface area contributed by atoms with Crippen LogP contribution in [0.3, 0.4) is 0 Å². The van der Waals surface area contributed by atoms with Crippen LogP contribution in [-0.4, -0.2) is 31.0 Å². The Labute approximate surface area is 190 Å². The highest BCUT2D eigenvalue weighted by Crippen LogP contribution is 2.43. The molecule has 1 aliphatic heterocycles. The van der Waals surface area contributed by atoms with Crippen LogP contribution >= 0.6 is 0 Å². The van der Waals surface area contributed by atoms with Gasteiger partial charge in [0.2, 0.25) is 0 Å². The summed E-state index contributed by atoms with van der Waals surface area (Å²) < 4.78 is 24.6. The number of hydrogen-bond donors (Lipinski definition) is 1. The van der Waals surface area contributed by atoms with Crippen molar-refractivity contribution >= 4 is 23.1 Å². The molecule has 1 unspecified atom stereocenters. The van der Waals surface area contributed by atoms with Gasteiger partial charge in [-0.05, 0) is 54.4 Å². The molecule has 1 fully saturated rings. The van der Waals surface area contributed by atoms with E-state index in [1.54, 1.807) is 30.3 Å². The van der Waals surface area contributed by atoms with Crippen molar-refractivity contribution in [3.05, 3.63) is 94.8 Å². The molecule has 168 valence electrons. The van der Waals surface area contributed by atoms with Crippen LogP contribution in [0.5, 0.6) is 11.5 Å². The molecule has 0 saturated carbocycles. The SMILES string of the molecule is COc1ccc(/C(O)=C2\C(=O)C(=O)N(c3cccc(F)c3)C2c2ccccc2C)cc1OC. The second-order valence-electron chi connectivity index (χ2n) is 7.58. The second-order valence-corrected chi connectivity index (χ2v) is 7.58. The molecule has 7 heteroatoms. The maximum Gasteiger partial charge on any atom is 0.300 e. The number of ether oxygens (including phenoxy) is 2. The van der Waals surface area contributed by atoms with E-state index in [1.165, 1.54) is 43.4 Å². The van der Waals surface area contributed by atoms with Gasteiger partial charge in [0.25, 0.3) is 11.7 Å². The number of aryl methyl sites for hydroxylation is 1. The van der Waals surface area contributed by atoms with E-state index in [0.29, 0.717) is 17.1 Å². The number of aliphatic hydroxyl groups excluding tert-OH is 1. The van der Waals surface area contributed by atoms with Gasteiger partial charge < -0.3 is 14.6 Å². The number of methoxy groups -OCH3 is 2. The minimum Gasteiger partial charge on any atom is -0.507 e. The largest absolute Gasteiger partial charge is 0.507 e. The second kappa shape index (κ2) is 8.78. The predicted molar refractivity (Wildman–Crippen MR) is 122 cm³/mol. The third-order valence-corrected chi connectivity index (χ3v) is 5.67. The van der Waals surface area contributed by atoms with Gasteiger partial charge in [0, 0.05) is 11.3 Å². The third-order valence-electron chi connectivity index (χ3n) is 5.67. The topological polar surface area (TPSA) is 76.1 Å². The molecule has 1 aliphatic rings. The lowest BCUT2D eigenvalue weighted by Gasteiger charge is -2.26. The lowest BCUT2D eigenvalue weighted by Crippen LogP contribution is -2.29. The van der Waals surface area contributed by atoms with E-state index < -0.39 is 23.5 Å². The van der Waals surface area contributed by atoms with Crippen molar-refractivity contribution in [1.29, 1.82) is 0 Å². The summed E-state index contributed by atoms with van der Waals surface area (Å²) in [7, 11) is 2.94. The highest BCUT2D eigenvalue weighted by atomic mass is 19.1. The Hall–Kier alpha value is -4.13. The maximum absolute atomic E-state index is 14.0. The number of Topliss-reactive ketones (excluding diaryl/α,β-unsaturated/α-hetero) is 1. The number of halogens is 1. The quantitative estimate of drug-likeness (QED) is 0.346. The normalized spacial score (nSPS) is 17.3. The Morgan fingerprint density at radius 3 is 2.33 bits per heavy atom. The maximum atomic E-state index is 14.0. The number of aliphatic hydroxyl groups is 1. The zero-order valence-corrected chi connectivity index (χ0v) is 18.3. The summed E-state index contributed by atoms with van der Waals surface area (Å²) in [4.78, 5) is 27.6. The first-order valence-electron chi connectivity index (χ1n) is 10.2. The number of carbonyl (C=O) groups excluding carboxylic acids is 2. The molecule has 0 spiro atoms. The minimum atomic E-state index is -0.943. The van der Waals surface area contributed by atoms with E-state index in [1.807, 2.05) is 19.1 Å². The van der Waals surface area contributed by atoms with Crippen molar-refractivity contribution in [3.8, 4) is 11.5 Å². The van der Waals surface area contributed by atoms with Crippen molar-refractivity contribution in [2.75, 3.05) is 19.1 Å². The number of rotatable bonds is 5. The van der Waals surface area contributed by atoms with E-state index >= 15 is 0 Å². The fourth-order valence-electron chi connectivity index (χ4n) is 4.05. The molecule has 1 amide bonds.